The van der Waals surface area contributed by atoms with E-state index in [9.17, 15) is 4.79 Å². The molecule has 176 valence electrons. The Labute approximate surface area is 208 Å². The van der Waals surface area contributed by atoms with E-state index in [-0.39, 0.29) is 5.43 Å². The Balaban J connectivity index is 1.29. The lowest BCUT2D eigenvalue weighted by Crippen LogP contribution is -2.08. The van der Waals surface area contributed by atoms with Gasteiger partial charge in [0.05, 0.1) is 17.4 Å². The third-order valence-electron chi connectivity index (χ3n) is 6.03. The summed E-state index contributed by atoms with van der Waals surface area (Å²) in [6, 6.07) is 18.7. The van der Waals surface area contributed by atoms with E-state index in [1.165, 1.54) is 0 Å². The lowest BCUT2D eigenvalue weighted by molar-refractivity contribution is 0.301. The molecule has 0 N–H and O–H groups in total. The molecule has 0 spiro atoms. The van der Waals surface area contributed by atoms with Crippen molar-refractivity contribution in [1.82, 2.24) is 9.55 Å². The van der Waals surface area contributed by atoms with Gasteiger partial charge in [0.2, 0.25) is 5.43 Å². The number of aromatic nitrogens is 2. The summed E-state index contributed by atoms with van der Waals surface area (Å²) < 4.78 is 14.3. The van der Waals surface area contributed by atoms with Gasteiger partial charge >= 0.3 is 0 Å². The van der Waals surface area contributed by atoms with Gasteiger partial charge in [0.25, 0.3) is 0 Å². The van der Waals surface area contributed by atoms with Crippen LogP contribution in [0.3, 0.4) is 0 Å². The summed E-state index contributed by atoms with van der Waals surface area (Å²) in [7, 11) is 0. The fraction of sp³-hybridized carbons (Fsp3) is 0.172. The number of nitrogens with zero attached hydrogens (tertiary/aromatic N) is 2. The van der Waals surface area contributed by atoms with Crippen LogP contribution in [0, 0.1) is 0 Å². The SMILES string of the molecule is C=CCc1c(OCCCCn2ccnc2-c2ccc(Cl)cc2)ccc2oc3ccccc3c(=O)c12. The average molecular weight is 485 g/mol. The smallest absolute Gasteiger partial charge is 0.200 e. The molecule has 35 heavy (non-hydrogen) atoms. The predicted molar refractivity (Wildman–Crippen MR) is 141 cm³/mol. The molecule has 5 rings (SSSR count). The Hall–Kier alpha value is -3.83. The van der Waals surface area contributed by atoms with Gasteiger partial charge in [-0.1, -0.05) is 29.8 Å². The lowest BCUT2D eigenvalue weighted by Gasteiger charge is -2.13. The standard InChI is InChI=1S/C29H25ClN2O3/c1-2-7-22-24(14-15-26-27(22)28(33)23-8-3-4-9-25(23)35-26)34-19-6-5-17-32-18-16-31-29(32)20-10-12-21(30)13-11-20/h2-4,8-16,18H,1,5-7,17,19H2. The number of rotatable bonds is 9. The molecule has 0 aliphatic rings. The van der Waals surface area contributed by atoms with Gasteiger partial charge in [-0.05, 0) is 67.8 Å². The van der Waals surface area contributed by atoms with Gasteiger partial charge in [0.1, 0.15) is 22.7 Å². The topological polar surface area (TPSA) is 57.3 Å². The first kappa shape index (κ1) is 22.9. The van der Waals surface area contributed by atoms with Crippen LogP contribution in [0.15, 0.2) is 94.9 Å². The number of hydrogen-bond donors (Lipinski definition) is 0. The molecule has 0 saturated carbocycles. The van der Waals surface area contributed by atoms with E-state index >= 15 is 0 Å². The number of unbranched alkanes of at least 4 members (excludes halogenated alkanes) is 1. The second-order valence-corrected chi connectivity index (χ2v) is 8.78. The van der Waals surface area contributed by atoms with Crippen molar-refractivity contribution in [2.75, 3.05) is 6.61 Å². The molecule has 0 atom stereocenters. The highest BCUT2D eigenvalue weighted by Gasteiger charge is 2.15. The van der Waals surface area contributed by atoms with E-state index in [2.05, 4.69) is 16.1 Å². The molecular weight excluding hydrogens is 460 g/mol. The molecule has 3 aromatic carbocycles. The maximum absolute atomic E-state index is 13.2. The number of aryl methyl sites for hydroxylation is 1. The molecule has 0 aliphatic heterocycles. The quantitative estimate of drug-likeness (QED) is 0.128. The Morgan fingerprint density at radius 1 is 1.03 bits per heavy atom. The summed E-state index contributed by atoms with van der Waals surface area (Å²) in [6.07, 6.45) is 7.89. The highest BCUT2D eigenvalue weighted by Crippen LogP contribution is 2.29. The molecule has 2 heterocycles. The molecule has 0 amide bonds. The molecule has 6 heteroatoms. The zero-order valence-corrected chi connectivity index (χ0v) is 20.0. The Morgan fingerprint density at radius 2 is 1.86 bits per heavy atom. The van der Waals surface area contributed by atoms with Gasteiger partial charge in [-0.15, -0.1) is 6.58 Å². The van der Waals surface area contributed by atoms with Crippen molar-refractivity contribution in [3.05, 3.63) is 107 Å². The van der Waals surface area contributed by atoms with Crippen LogP contribution in [-0.2, 0) is 13.0 Å². The molecule has 0 fully saturated rings. The number of imidazole rings is 1. The van der Waals surface area contributed by atoms with Crippen LogP contribution in [0.1, 0.15) is 18.4 Å². The number of benzene rings is 3. The van der Waals surface area contributed by atoms with Crippen molar-refractivity contribution in [2.45, 2.75) is 25.8 Å². The summed E-state index contributed by atoms with van der Waals surface area (Å²) in [4.78, 5) is 17.7. The fourth-order valence-corrected chi connectivity index (χ4v) is 4.46. The highest BCUT2D eigenvalue weighted by molar-refractivity contribution is 6.30. The third-order valence-corrected chi connectivity index (χ3v) is 6.28. The van der Waals surface area contributed by atoms with Crippen molar-refractivity contribution < 1.29 is 9.15 Å². The van der Waals surface area contributed by atoms with Crippen LogP contribution in [0.25, 0.3) is 33.3 Å². The van der Waals surface area contributed by atoms with Crippen molar-refractivity contribution in [1.29, 1.82) is 0 Å². The Bertz CT molecular complexity index is 1550. The summed E-state index contributed by atoms with van der Waals surface area (Å²) in [6.45, 7) is 5.24. The van der Waals surface area contributed by atoms with Gasteiger partial charge < -0.3 is 13.7 Å². The van der Waals surface area contributed by atoms with Crippen LogP contribution in [0.2, 0.25) is 5.02 Å². The molecule has 5 aromatic rings. The molecule has 0 bridgehead atoms. The number of allylic oxidation sites excluding steroid dienone is 1. The van der Waals surface area contributed by atoms with Crippen molar-refractivity contribution >= 4 is 33.5 Å². The van der Waals surface area contributed by atoms with E-state index in [1.807, 2.05) is 67.0 Å². The second-order valence-electron chi connectivity index (χ2n) is 8.34. The van der Waals surface area contributed by atoms with Gasteiger partial charge in [0.15, 0.2) is 0 Å². The van der Waals surface area contributed by atoms with E-state index < -0.39 is 0 Å². The predicted octanol–water partition coefficient (Wildman–Crippen LogP) is 7.05. The third kappa shape index (κ3) is 4.73. The summed E-state index contributed by atoms with van der Waals surface area (Å²) in [5.74, 6) is 1.62. The number of halogens is 1. The minimum Gasteiger partial charge on any atom is -0.493 e. The molecule has 0 unspecified atom stereocenters. The summed E-state index contributed by atoms with van der Waals surface area (Å²) in [5, 5.41) is 1.84. The number of hydrogen-bond acceptors (Lipinski definition) is 4. The largest absolute Gasteiger partial charge is 0.493 e. The monoisotopic (exact) mass is 484 g/mol. The number of fused-ring (bicyclic) bond motifs is 2. The fourth-order valence-electron chi connectivity index (χ4n) is 4.34. The van der Waals surface area contributed by atoms with Crippen LogP contribution in [-0.4, -0.2) is 16.2 Å². The van der Waals surface area contributed by atoms with Crippen molar-refractivity contribution in [2.24, 2.45) is 0 Å². The zero-order valence-electron chi connectivity index (χ0n) is 19.2. The molecular formula is C29H25ClN2O3. The normalized spacial score (nSPS) is 11.2. The first-order valence-corrected chi connectivity index (χ1v) is 12.0. The molecule has 0 aliphatic carbocycles. The van der Waals surface area contributed by atoms with Crippen molar-refractivity contribution in [3.63, 3.8) is 0 Å². The van der Waals surface area contributed by atoms with Gasteiger partial charge in [-0.25, -0.2) is 4.98 Å². The van der Waals surface area contributed by atoms with Crippen LogP contribution in [0.4, 0.5) is 0 Å². The van der Waals surface area contributed by atoms with Gasteiger partial charge in [-0.3, -0.25) is 4.79 Å². The van der Waals surface area contributed by atoms with Crippen molar-refractivity contribution in [3.8, 4) is 17.1 Å². The number of ether oxygens (including phenoxy) is 1. The van der Waals surface area contributed by atoms with E-state index in [0.717, 1.165) is 36.3 Å². The van der Waals surface area contributed by atoms with Gasteiger partial charge in [-0.2, -0.15) is 0 Å². The lowest BCUT2D eigenvalue weighted by atomic mass is 10.0. The van der Waals surface area contributed by atoms with E-state index in [0.29, 0.717) is 45.7 Å². The minimum absolute atomic E-state index is 0.0426. The summed E-state index contributed by atoms with van der Waals surface area (Å²) in [5.41, 5.74) is 2.95. The zero-order chi connectivity index (χ0) is 24.2. The summed E-state index contributed by atoms with van der Waals surface area (Å²) >= 11 is 6.01. The van der Waals surface area contributed by atoms with E-state index in [4.69, 9.17) is 20.8 Å². The highest BCUT2D eigenvalue weighted by atomic mass is 35.5. The number of para-hydroxylation sites is 1. The van der Waals surface area contributed by atoms with Crippen LogP contribution >= 0.6 is 11.6 Å². The van der Waals surface area contributed by atoms with Crippen LogP contribution < -0.4 is 10.2 Å². The Kier molecular flexibility index (Phi) is 6.68. The first-order chi connectivity index (χ1) is 17.2. The Morgan fingerprint density at radius 3 is 2.69 bits per heavy atom. The molecule has 0 saturated heterocycles. The molecule has 2 aromatic heterocycles. The maximum atomic E-state index is 13.2. The molecule has 5 nitrogen and oxygen atoms in total. The first-order valence-electron chi connectivity index (χ1n) is 11.6. The maximum Gasteiger partial charge on any atom is 0.200 e. The minimum atomic E-state index is -0.0426. The van der Waals surface area contributed by atoms with Crippen LogP contribution in [0.5, 0.6) is 5.75 Å². The molecule has 0 radical (unpaired) electrons. The van der Waals surface area contributed by atoms with Gasteiger partial charge in [0, 0.05) is 35.1 Å². The van der Waals surface area contributed by atoms with E-state index in [1.54, 1.807) is 12.1 Å². The second kappa shape index (κ2) is 10.2. The average Bonchev–Trinajstić information content (AvgIpc) is 3.34.